The predicted octanol–water partition coefficient (Wildman–Crippen LogP) is 2.22. The van der Waals surface area contributed by atoms with Crippen LogP contribution in [0, 0.1) is 5.92 Å². The number of rotatable bonds is 4. The van der Waals surface area contributed by atoms with Gasteiger partial charge in [-0.2, -0.15) is 22.0 Å². The van der Waals surface area contributed by atoms with Gasteiger partial charge in [0.15, 0.2) is 0 Å². The van der Waals surface area contributed by atoms with Gasteiger partial charge in [-0.1, -0.05) is 13.8 Å². The molecule has 5 nitrogen and oxygen atoms in total. The summed E-state index contributed by atoms with van der Waals surface area (Å²) in [6.07, 6.45) is -5.34. The molecule has 0 aromatic rings. The first kappa shape index (κ1) is 19.0. The molecule has 22 heavy (non-hydrogen) atoms. The third-order valence-electron chi connectivity index (χ3n) is 3.29. The fraction of sp³-hybridized carbons (Fsp3) is 0.917. The maximum atomic E-state index is 13.3. The Bertz CT molecular complexity index is 427. The molecule has 0 aliphatic carbocycles. The fourth-order valence-corrected chi connectivity index (χ4v) is 1.61. The van der Waals surface area contributed by atoms with Gasteiger partial charge in [-0.25, -0.2) is 0 Å². The summed E-state index contributed by atoms with van der Waals surface area (Å²) in [5.41, 5.74) is 0. The number of esters is 1. The minimum absolute atomic E-state index is 0.418. The van der Waals surface area contributed by atoms with E-state index in [4.69, 9.17) is 4.74 Å². The lowest BCUT2D eigenvalue weighted by molar-refractivity contribution is -0.513. The van der Waals surface area contributed by atoms with E-state index in [0.29, 0.717) is 6.42 Å². The number of aliphatic hydroxyl groups is 1. The molecule has 1 saturated heterocycles. The molecule has 0 saturated carbocycles. The molecular formula is C12H17F5O5. The van der Waals surface area contributed by atoms with Gasteiger partial charge in [-0.15, -0.1) is 0 Å². The minimum atomic E-state index is -5.76. The van der Waals surface area contributed by atoms with Crippen molar-refractivity contribution in [3.8, 4) is 0 Å². The zero-order valence-electron chi connectivity index (χ0n) is 12.2. The summed E-state index contributed by atoms with van der Waals surface area (Å²) in [7, 11) is 0. The van der Waals surface area contributed by atoms with Crippen LogP contribution in [0.25, 0.3) is 0 Å². The van der Waals surface area contributed by atoms with Crippen molar-refractivity contribution in [3.05, 3.63) is 0 Å². The predicted molar refractivity (Wildman–Crippen MR) is 61.8 cm³/mol. The average molecular weight is 336 g/mol. The number of hydrogen-bond acceptors (Lipinski definition) is 5. The summed E-state index contributed by atoms with van der Waals surface area (Å²) in [6, 6.07) is 0. The van der Waals surface area contributed by atoms with E-state index in [9.17, 15) is 31.9 Å². The molecule has 1 rings (SSSR count). The van der Waals surface area contributed by atoms with E-state index in [0.717, 1.165) is 6.92 Å². The Hall–Kier alpha value is -1.00. The molecule has 3 atom stereocenters. The van der Waals surface area contributed by atoms with E-state index in [-0.39, 0.29) is 0 Å². The Morgan fingerprint density at radius 3 is 2.41 bits per heavy atom. The molecule has 1 fully saturated rings. The van der Waals surface area contributed by atoms with Gasteiger partial charge >= 0.3 is 23.9 Å². The van der Waals surface area contributed by atoms with Gasteiger partial charge in [0.25, 0.3) is 0 Å². The monoisotopic (exact) mass is 336 g/mol. The minimum Gasteiger partial charge on any atom is -0.460 e. The Morgan fingerprint density at radius 1 is 1.41 bits per heavy atom. The number of carbonyl (C=O) groups excluding carboxylic acids is 1. The summed E-state index contributed by atoms with van der Waals surface area (Å²) in [5, 5.41) is 9.27. The Labute approximate surface area is 123 Å². The molecule has 0 aromatic carbocycles. The molecule has 3 unspecified atom stereocenters. The molecule has 0 amide bonds. The van der Waals surface area contributed by atoms with Crippen LogP contribution in [0.2, 0.25) is 0 Å². The topological polar surface area (TPSA) is 65.0 Å². The Balaban J connectivity index is 2.88. The van der Waals surface area contributed by atoms with Crippen LogP contribution in [-0.4, -0.2) is 48.0 Å². The van der Waals surface area contributed by atoms with Crippen LogP contribution in [0.4, 0.5) is 22.0 Å². The smallest absolute Gasteiger partial charge is 0.449 e. The molecule has 10 heteroatoms. The number of halogens is 5. The molecule has 1 aliphatic rings. The van der Waals surface area contributed by atoms with Crippen LogP contribution in [0.3, 0.4) is 0 Å². The number of carbonyl (C=O) groups is 1. The number of ether oxygens (including phenoxy) is 3. The lowest BCUT2D eigenvalue weighted by Gasteiger charge is -2.47. The average Bonchev–Trinajstić information content (AvgIpc) is 2.39. The van der Waals surface area contributed by atoms with Gasteiger partial charge in [0.05, 0.1) is 5.92 Å². The van der Waals surface area contributed by atoms with E-state index in [1.54, 1.807) is 6.92 Å². The number of hydrogen-bond donors (Lipinski definition) is 1. The van der Waals surface area contributed by atoms with E-state index in [1.165, 1.54) is 6.92 Å². The first-order valence-electron chi connectivity index (χ1n) is 6.45. The van der Waals surface area contributed by atoms with Crippen molar-refractivity contribution in [2.45, 2.75) is 50.9 Å². The van der Waals surface area contributed by atoms with Gasteiger partial charge in [-0.05, 0) is 13.3 Å². The summed E-state index contributed by atoms with van der Waals surface area (Å²) < 4.78 is 78.2. The van der Waals surface area contributed by atoms with Crippen molar-refractivity contribution >= 4 is 5.97 Å². The number of alkyl halides is 5. The SMILES string of the molecule is CCC(C)C(=O)OCC1(C)OCC(F)(F)C(O)(C(F)(F)F)O1. The highest BCUT2D eigenvalue weighted by Crippen LogP contribution is 2.48. The van der Waals surface area contributed by atoms with E-state index in [2.05, 4.69) is 9.47 Å². The highest BCUT2D eigenvalue weighted by Gasteiger charge is 2.75. The highest BCUT2D eigenvalue weighted by atomic mass is 19.4. The van der Waals surface area contributed by atoms with Crippen LogP contribution in [-0.2, 0) is 19.0 Å². The maximum Gasteiger partial charge on any atom is 0.449 e. The molecule has 0 bridgehead atoms. The second-order valence-corrected chi connectivity index (χ2v) is 5.29. The standard InChI is InChI=1S/C12H17F5O5/c1-4-7(2)8(18)20-5-9(3)21-6-10(13,14)11(19,22-9)12(15,16)17/h7,19H,4-6H2,1-3H3. The first-order chi connectivity index (χ1) is 9.78. The van der Waals surface area contributed by atoms with Crippen LogP contribution in [0.1, 0.15) is 27.2 Å². The van der Waals surface area contributed by atoms with Crippen LogP contribution in [0.15, 0.2) is 0 Å². The summed E-state index contributed by atoms with van der Waals surface area (Å²) in [6.45, 7) is 1.46. The molecule has 1 heterocycles. The third kappa shape index (κ3) is 3.49. The lowest BCUT2D eigenvalue weighted by Crippen LogP contribution is -2.70. The Kier molecular flexibility index (Phi) is 5.10. The van der Waals surface area contributed by atoms with Crippen molar-refractivity contribution in [2.24, 2.45) is 5.92 Å². The maximum absolute atomic E-state index is 13.3. The Morgan fingerprint density at radius 2 is 1.95 bits per heavy atom. The first-order valence-corrected chi connectivity index (χ1v) is 6.45. The molecule has 1 aliphatic heterocycles. The van der Waals surface area contributed by atoms with Gasteiger partial charge in [0, 0.05) is 0 Å². The van der Waals surface area contributed by atoms with Crippen molar-refractivity contribution < 1.29 is 46.1 Å². The molecule has 130 valence electrons. The molecule has 0 aromatic heterocycles. The second-order valence-electron chi connectivity index (χ2n) is 5.29. The second kappa shape index (κ2) is 5.89. The van der Waals surface area contributed by atoms with E-state index < -0.39 is 48.8 Å². The molecular weight excluding hydrogens is 319 g/mol. The zero-order chi connectivity index (χ0) is 17.4. The normalized spacial score (nSPS) is 33.3. The van der Waals surface area contributed by atoms with Crippen molar-refractivity contribution in [2.75, 3.05) is 13.2 Å². The van der Waals surface area contributed by atoms with Crippen LogP contribution >= 0.6 is 0 Å². The van der Waals surface area contributed by atoms with Crippen molar-refractivity contribution in [3.63, 3.8) is 0 Å². The molecule has 1 N–H and O–H groups in total. The lowest BCUT2D eigenvalue weighted by atomic mass is 10.1. The van der Waals surface area contributed by atoms with E-state index >= 15 is 0 Å². The summed E-state index contributed by atoms with van der Waals surface area (Å²) >= 11 is 0. The van der Waals surface area contributed by atoms with Crippen LogP contribution in [0.5, 0.6) is 0 Å². The quantitative estimate of drug-likeness (QED) is 0.630. The fourth-order valence-electron chi connectivity index (χ4n) is 1.61. The summed E-state index contributed by atoms with van der Waals surface area (Å²) in [4.78, 5) is 11.5. The van der Waals surface area contributed by atoms with E-state index in [1.807, 2.05) is 0 Å². The zero-order valence-corrected chi connectivity index (χ0v) is 12.2. The van der Waals surface area contributed by atoms with Gasteiger partial charge in [-0.3, -0.25) is 4.79 Å². The molecule has 0 spiro atoms. The van der Waals surface area contributed by atoms with Gasteiger partial charge in [0.2, 0.25) is 5.79 Å². The van der Waals surface area contributed by atoms with Gasteiger partial charge in [0.1, 0.15) is 13.2 Å². The van der Waals surface area contributed by atoms with Crippen molar-refractivity contribution in [1.29, 1.82) is 0 Å². The largest absolute Gasteiger partial charge is 0.460 e. The molecule has 0 radical (unpaired) electrons. The third-order valence-corrected chi connectivity index (χ3v) is 3.29. The summed E-state index contributed by atoms with van der Waals surface area (Å²) in [5.74, 6) is -13.1. The van der Waals surface area contributed by atoms with Crippen LogP contribution < -0.4 is 0 Å². The van der Waals surface area contributed by atoms with Gasteiger partial charge < -0.3 is 19.3 Å². The highest BCUT2D eigenvalue weighted by molar-refractivity contribution is 5.71. The van der Waals surface area contributed by atoms with Crippen molar-refractivity contribution in [1.82, 2.24) is 0 Å².